The Morgan fingerprint density at radius 3 is 2.49 bits per heavy atom. The second kappa shape index (κ2) is 11.7. The molecule has 0 aromatic heterocycles. The van der Waals surface area contributed by atoms with Crippen LogP contribution in [-0.4, -0.2) is 48.4 Å². The molecule has 188 valence electrons. The summed E-state index contributed by atoms with van der Waals surface area (Å²) in [5.41, 5.74) is 4.64. The van der Waals surface area contributed by atoms with Crippen LogP contribution in [0, 0.1) is 0 Å². The standard InChI is InChI=1S/C28H35ClN2O4/c1-20(33)31-16-13-24-19-22(9-11-26(24)31)21-8-10-25(29)23(18-21)12-15-30(14-6-5-7-17-32)27(34)35-28(2,3)4/h8-11,17-19H,5-7,12-16H2,1-4H3. The van der Waals surface area contributed by atoms with E-state index in [1.165, 1.54) is 5.56 Å². The van der Waals surface area contributed by atoms with Gasteiger partial charge in [-0.25, -0.2) is 4.79 Å². The third kappa shape index (κ3) is 7.31. The van der Waals surface area contributed by atoms with Crippen molar-refractivity contribution >= 4 is 35.6 Å². The van der Waals surface area contributed by atoms with Crippen molar-refractivity contribution in [1.82, 2.24) is 4.90 Å². The van der Waals surface area contributed by atoms with Gasteiger partial charge < -0.3 is 19.3 Å². The number of fused-ring (bicyclic) bond motifs is 1. The third-order valence-corrected chi connectivity index (χ3v) is 6.41. The Balaban J connectivity index is 1.75. The normalized spacial score (nSPS) is 12.9. The number of nitrogens with zero attached hydrogens (tertiary/aromatic N) is 2. The summed E-state index contributed by atoms with van der Waals surface area (Å²) in [4.78, 5) is 38.8. The van der Waals surface area contributed by atoms with Gasteiger partial charge in [-0.2, -0.15) is 0 Å². The minimum Gasteiger partial charge on any atom is -0.444 e. The van der Waals surface area contributed by atoms with Crippen molar-refractivity contribution in [3.63, 3.8) is 0 Å². The molecule has 0 fully saturated rings. The number of ether oxygens (including phenoxy) is 1. The van der Waals surface area contributed by atoms with Gasteiger partial charge in [-0.3, -0.25) is 4.79 Å². The topological polar surface area (TPSA) is 66.9 Å². The zero-order chi connectivity index (χ0) is 25.6. The quantitative estimate of drug-likeness (QED) is 0.311. The summed E-state index contributed by atoms with van der Waals surface area (Å²) >= 11 is 6.53. The van der Waals surface area contributed by atoms with Crippen LogP contribution in [-0.2, 0) is 27.2 Å². The maximum atomic E-state index is 12.8. The van der Waals surface area contributed by atoms with Crippen molar-refractivity contribution in [1.29, 1.82) is 0 Å². The molecule has 6 nitrogen and oxygen atoms in total. The predicted molar refractivity (Wildman–Crippen MR) is 140 cm³/mol. The van der Waals surface area contributed by atoms with Crippen LogP contribution in [0.15, 0.2) is 36.4 Å². The minimum atomic E-state index is -0.582. The Morgan fingerprint density at radius 2 is 1.80 bits per heavy atom. The lowest BCUT2D eigenvalue weighted by molar-refractivity contribution is -0.116. The van der Waals surface area contributed by atoms with Crippen LogP contribution in [0.25, 0.3) is 11.1 Å². The molecule has 0 unspecified atom stereocenters. The first kappa shape index (κ1) is 26.7. The largest absolute Gasteiger partial charge is 0.444 e. The second-order valence-electron chi connectivity index (χ2n) is 9.95. The molecular formula is C28H35ClN2O4. The van der Waals surface area contributed by atoms with Crippen LogP contribution < -0.4 is 4.90 Å². The van der Waals surface area contributed by atoms with Gasteiger partial charge in [0.1, 0.15) is 11.9 Å². The van der Waals surface area contributed by atoms with Crippen LogP contribution in [0.3, 0.4) is 0 Å². The van der Waals surface area contributed by atoms with E-state index in [2.05, 4.69) is 12.1 Å². The molecule has 2 amide bonds. The van der Waals surface area contributed by atoms with Crippen LogP contribution in [0.1, 0.15) is 58.1 Å². The van der Waals surface area contributed by atoms with E-state index < -0.39 is 5.60 Å². The number of unbranched alkanes of at least 4 members (excludes halogenated alkanes) is 2. The Labute approximate surface area is 213 Å². The number of carbonyl (C=O) groups excluding carboxylic acids is 3. The van der Waals surface area contributed by atoms with Crippen molar-refractivity contribution in [2.24, 2.45) is 0 Å². The summed E-state index contributed by atoms with van der Waals surface area (Å²) < 4.78 is 5.59. The summed E-state index contributed by atoms with van der Waals surface area (Å²) in [6, 6.07) is 12.1. The van der Waals surface area contributed by atoms with Crippen molar-refractivity contribution in [3.8, 4) is 11.1 Å². The number of hydrogen-bond acceptors (Lipinski definition) is 4. The summed E-state index contributed by atoms with van der Waals surface area (Å²) in [6.07, 6.45) is 3.93. The van der Waals surface area contributed by atoms with E-state index in [1.807, 2.05) is 49.9 Å². The Morgan fingerprint density at radius 1 is 1.09 bits per heavy atom. The third-order valence-electron chi connectivity index (χ3n) is 6.04. The average molecular weight is 499 g/mol. The highest BCUT2D eigenvalue weighted by atomic mass is 35.5. The highest BCUT2D eigenvalue weighted by molar-refractivity contribution is 6.31. The van der Waals surface area contributed by atoms with Crippen molar-refractivity contribution < 1.29 is 19.1 Å². The molecule has 2 aromatic rings. The van der Waals surface area contributed by atoms with E-state index >= 15 is 0 Å². The molecule has 2 aromatic carbocycles. The van der Waals surface area contributed by atoms with Crippen LogP contribution in [0.4, 0.5) is 10.5 Å². The van der Waals surface area contributed by atoms with Crippen molar-refractivity contribution in [3.05, 3.63) is 52.5 Å². The molecule has 7 heteroatoms. The Kier molecular flexibility index (Phi) is 8.95. The molecule has 3 rings (SSSR count). The fraction of sp³-hybridized carbons (Fsp3) is 0.464. The summed E-state index contributed by atoms with van der Waals surface area (Å²) in [5.74, 6) is 0.0611. The lowest BCUT2D eigenvalue weighted by Crippen LogP contribution is -2.38. The maximum absolute atomic E-state index is 12.8. The number of hydrogen-bond donors (Lipinski definition) is 0. The number of benzene rings is 2. The number of rotatable bonds is 9. The molecule has 1 aliphatic rings. The fourth-order valence-corrected chi connectivity index (χ4v) is 4.47. The molecule has 0 aliphatic carbocycles. The van der Waals surface area contributed by atoms with Gasteiger partial charge in [-0.05, 0) is 93.0 Å². The number of anilines is 1. The van der Waals surface area contributed by atoms with E-state index in [0.717, 1.165) is 47.9 Å². The summed E-state index contributed by atoms with van der Waals surface area (Å²) in [5, 5.41) is 0.655. The second-order valence-corrected chi connectivity index (χ2v) is 10.4. The van der Waals surface area contributed by atoms with E-state index in [4.69, 9.17) is 16.3 Å². The molecule has 1 heterocycles. The SMILES string of the molecule is CC(=O)N1CCc2cc(-c3ccc(Cl)c(CCN(CCCCC=O)C(=O)OC(C)(C)C)c3)ccc21. The van der Waals surface area contributed by atoms with Gasteiger partial charge in [0.2, 0.25) is 5.91 Å². The van der Waals surface area contributed by atoms with E-state index in [-0.39, 0.29) is 12.0 Å². The van der Waals surface area contributed by atoms with Gasteiger partial charge in [-0.1, -0.05) is 23.7 Å². The first-order valence-electron chi connectivity index (χ1n) is 12.2. The number of halogens is 1. The minimum absolute atomic E-state index is 0.0611. The molecule has 0 bridgehead atoms. The molecule has 1 aliphatic heterocycles. The zero-order valence-corrected chi connectivity index (χ0v) is 21.9. The number of amides is 2. The van der Waals surface area contributed by atoms with Gasteiger partial charge >= 0.3 is 6.09 Å². The van der Waals surface area contributed by atoms with E-state index in [9.17, 15) is 14.4 Å². The molecule has 0 saturated carbocycles. The summed E-state index contributed by atoms with van der Waals surface area (Å²) in [7, 11) is 0. The van der Waals surface area contributed by atoms with Crippen LogP contribution in [0.2, 0.25) is 5.02 Å². The lowest BCUT2D eigenvalue weighted by Gasteiger charge is -2.27. The average Bonchev–Trinajstić information content (AvgIpc) is 3.22. The smallest absolute Gasteiger partial charge is 0.410 e. The summed E-state index contributed by atoms with van der Waals surface area (Å²) in [6.45, 7) is 8.85. The molecule has 0 N–H and O–H groups in total. The van der Waals surface area contributed by atoms with Crippen molar-refractivity contribution in [2.75, 3.05) is 24.5 Å². The fourth-order valence-electron chi connectivity index (χ4n) is 4.26. The van der Waals surface area contributed by atoms with Gasteiger partial charge in [-0.15, -0.1) is 0 Å². The molecule has 0 saturated heterocycles. The molecule has 35 heavy (non-hydrogen) atoms. The van der Waals surface area contributed by atoms with Gasteiger partial charge in [0.25, 0.3) is 0 Å². The van der Waals surface area contributed by atoms with E-state index in [0.29, 0.717) is 37.5 Å². The van der Waals surface area contributed by atoms with Gasteiger partial charge in [0.05, 0.1) is 0 Å². The predicted octanol–water partition coefficient (Wildman–Crippen LogP) is 6.06. The molecule has 0 atom stereocenters. The van der Waals surface area contributed by atoms with Gasteiger partial charge in [0, 0.05) is 43.7 Å². The maximum Gasteiger partial charge on any atom is 0.410 e. The Hall–Kier alpha value is -2.86. The highest BCUT2D eigenvalue weighted by Crippen LogP contribution is 2.33. The zero-order valence-electron chi connectivity index (χ0n) is 21.1. The molecular weight excluding hydrogens is 464 g/mol. The molecule has 0 radical (unpaired) electrons. The number of aldehydes is 1. The lowest BCUT2D eigenvalue weighted by atomic mass is 9.99. The van der Waals surface area contributed by atoms with Crippen molar-refractivity contribution in [2.45, 2.75) is 65.4 Å². The van der Waals surface area contributed by atoms with Crippen LogP contribution >= 0.6 is 11.6 Å². The Bertz CT molecular complexity index is 1080. The first-order chi connectivity index (χ1) is 16.6. The number of carbonyl (C=O) groups is 3. The van der Waals surface area contributed by atoms with Crippen LogP contribution in [0.5, 0.6) is 0 Å². The van der Waals surface area contributed by atoms with Gasteiger partial charge in [0.15, 0.2) is 0 Å². The first-order valence-corrected chi connectivity index (χ1v) is 12.6. The van der Waals surface area contributed by atoms with E-state index in [1.54, 1.807) is 11.8 Å². The highest BCUT2D eigenvalue weighted by Gasteiger charge is 2.23. The molecule has 0 spiro atoms. The monoisotopic (exact) mass is 498 g/mol.